The van der Waals surface area contributed by atoms with Gasteiger partial charge >= 0.3 is 5.97 Å². The second-order valence-corrected chi connectivity index (χ2v) is 6.40. The predicted molar refractivity (Wildman–Crippen MR) is 89.5 cm³/mol. The highest BCUT2D eigenvalue weighted by Gasteiger charge is 2.26. The van der Waals surface area contributed by atoms with Gasteiger partial charge in [0.1, 0.15) is 0 Å². The van der Waals surface area contributed by atoms with Crippen LogP contribution >= 0.6 is 11.6 Å². The van der Waals surface area contributed by atoms with Gasteiger partial charge in [-0.1, -0.05) is 17.7 Å². The van der Waals surface area contributed by atoms with Crippen molar-refractivity contribution in [3.05, 3.63) is 47.2 Å². The number of likely N-dealkylation sites (tertiary alicyclic amines) is 1. The average molecular weight is 348 g/mol. The zero-order chi connectivity index (χ0) is 17.1. The Hall–Kier alpha value is -2.34. The summed E-state index contributed by atoms with van der Waals surface area (Å²) in [6.45, 7) is 1.14. The first-order valence-electron chi connectivity index (χ1n) is 7.85. The lowest BCUT2D eigenvalue weighted by atomic mass is 9.93. The molecule has 2 aromatic rings. The van der Waals surface area contributed by atoms with E-state index in [9.17, 15) is 9.59 Å². The Labute approximate surface area is 144 Å². The summed E-state index contributed by atoms with van der Waals surface area (Å²) in [7, 11) is 0. The second kappa shape index (κ2) is 7.05. The first kappa shape index (κ1) is 16.5. The molecule has 0 aliphatic carbocycles. The molecule has 0 spiro atoms. The summed E-state index contributed by atoms with van der Waals surface area (Å²) in [6.07, 6.45) is 3.33. The van der Waals surface area contributed by atoms with Crippen molar-refractivity contribution in [2.75, 3.05) is 13.1 Å². The molecule has 0 unspecified atom stereocenters. The number of aromatic nitrogens is 2. The van der Waals surface area contributed by atoms with Crippen LogP contribution in [0.2, 0.25) is 5.02 Å². The number of carbonyl (C=O) groups excluding carboxylic acids is 1. The van der Waals surface area contributed by atoms with Gasteiger partial charge in [-0.2, -0.15) is 5.10 Å². The number of benzene rings is 1. The first-order valence-corrected chi connectivity index (χ1v) is 8.23. The summed E-state index contributed by atoms with van der Waals surface area (Å²) in [5, 5.41) is 13.8. The Morgan fingerprint density at radius 2 is 2.00 bits per heavy atom. The molecule has 24 heavy (non-hydrogen) atoms. The van der Waals surface area contributed by atoms with Gasteiger partial charge in [0, 0.05) is 30.7 Å². The molecule has 3 rings (SSSR count). The van der Waals surface area contributed by atoms with E-state index in [-0.39, 0.29) is 18.2 Å². The second-order valence-electron chi connectivity index (χ2n) is 5.96. The number of hydrogen-bond donors (Lipinski definition) is 1. The van der Waals surface area contributed by atoms with Gasteiger partial charge in [-0.05, 0) is 43.0 Å². The van der Waals surface area contributed by atoms with E-state index in [1.807, 2.05) is 12.1 Å². The number of hydrogen-bond acceptors (Lipinski definition) is 3. The molecule has 1 amide bonds. The van der Waals surface area contributed by atoms with Crippen molar-refractivity contribution < 1.29 is 14.7 Å². The van der Waals surface area contributed by atoms with Crippen LogP contribution in [0.4, 0.5) is 0 Å². The monoisotopic (exact) mass is 347 g/mol. The quantitative estimate of drug-likeness (QED) is 0.922. The maximum absolute atomic E-state index is 12.5. The third kappa shape index (κ3) is 3.76. The van der Waals surface area contributed by atoms with Crippen LogP contribution in [0.15, 0.2) is 36.5 Å². The highest BCUT2D eigenvalue weighted by Crippen LogP contribution is 2.22. The molecule has 6 nitrogen and oxygen atoms in total. The van der Waals surface area contributed by atoms with Gasteiger partial charge < -0.3 is 10.0 Å². The van der Waals surface area contributed by atoms with E-state index in [4.69, 9.17) is 16.7 Å². The molecule has 1 aromatic carbocycles. The lowest BCUT2D eigenvalue weighted by molar-refractivity contribution is -0.138. The third-order valence-electron chi connectivity index (χ3n) is 4.25. The van der Waals surface area contributed by atoms with Gasteiger partial charge in [-0.15, -0.1) is 0 Å². The fourth-order valence-electron chi connectivity index (χ4n) is 2.95. The molecule has 0 saturated carbocycles. The molecule has 7 heteroatoms. The highest BCUT2D eigenvalue weighted by molar-refractivity contribution is 6.30. The van der Waals surface area contributed by atoms with E-state index in [0.29, 0.717) is 36.6 Å². The maximum atomic E-state index is 12.5. The molecule has 1 fully saturated rings. The van der Waals surface area contributed by atoms with Crippen molar-refractivity contribution >= 4 is 23.5 Å². The van der Waals surface area contributed by atoms with Crippen molar-refractivity contribution in [3.63, 3.8) is 0 Å². The fraction of sp³-hybridized carbons (Fsp3) is 0.353. The van der Waals surface area contributed by atoms with Crippen molar-refractivity contribution in [2.24, 2.45) is 5.92 Å². The number of carboxylic acid groups (broad SMARTS) is 1. The predicted octanol–water partition coefficient (Wildman–Crippen LogP) is 2.85. The Morgan fingerprint density at radius 1 is 1.25 bits per heavy atom. The lowest BCUT2D eigenvalue weighted by Gasteiger charge is -2.30. The number of rotatable bonds is 4. The average Bonchev–Trinajstić information content (AvgIpc) is 3.04. The van der Waals surface area contributed by atoms with Crippen molar-refractivity contribution in [1.29, 1.82) is 0 Å². The molecule has 0 atom stereocenters. The zero-order valence-electron chi connectivity index (χ0n) is 13.1. The largest absolute Gasteiger partial charge is 0.481 e. The Morgan fingerprint density at radius 3 is 2.67 bits per heavy atom. The summed E-state index contributed by atoms with van der Waals surface area (Å²) in [6, 6.07) is 8.94. The molecule has 1 aliphatic rings. The molecule has 1 aliphatic heterocycles. The van der Waals surface area contributed by atoms with E-state index in [2.05, 4.69) is 5.10 Å². The van der Waals surface area contributed by atoms with E-state index in [1.165, 1.54) is 0 Å². The molecule has 0 radical (unpaired) electrons. The van der Waals surface area contributed by atoms with Crippen LogP contribution in [0, 0.1) is 5.92 Å². The SMILES string of the molecule is O=C(O)CC1CCN(C(=O)c2ccn(-c3cccc(Cl)c3)n2)CC1. The summed E-state index contributed by atoms with van der Waals surface area (Å²) in [5.74, 6) is -0.750. The van der Waals surface area contributed by atoms with Gasteiger partial charge in [-0.25, -0.2) is 4.68 Å². The normalized spacial score (nSPS) is 15.5. The van der Waals surface area contributed by atoms with Gasteiger partial charge in [-0.3, -0.25) is 9.59 Å². The van der Waals surface area contributed by atoms with Crippen molar-refractivity contribution in [1.82, 2.24) is 14.7 Å². The molecule has 1 saturated heterocycles. The van der Waals surface area contributed by atoms with Crippen LogP contribution in [-0.2, 0) is 4.79 Å². The van der Waals surface area contributed by atoms with Crippen LogP contribution in [0.5, 0.6) is 0 Å². The van der Waals surface area contributed by atoms with Crippen LogP contribution in [0.3, 0.4) is 0 Å². The molecule has 126 valence electrons. The van der Waals surface area contributed by atoms with Gasteiger partial charge in [0.05, 0.1) is 5.69 Å². The molecule has 0 bridgehead atoms. The van der Waals surface area contributed by atoms with E-state index >= 15 is 0 Å². The first-order chi connectivity index (χ1) is 11.5. The van der Waals surface area contributed by atoms with Crippen molar-refractivity contribution in [2.45, 2.75) is 19.3 Å². The van der Waals surface area contributed by atoms with Crippen LogP contribution in [-0.4, -0.2) is 44.8 Å². The molecular formula is C17H18ClN3O3. The van der Waals surface area contributed by atoms with E-state index < -0.39 is 5.97 Å². The Balaban J connectivity index is 1.65. The number of nitrogens with zero attached hydrogens (tertiary/aromatic N) is 3. The molecule has 2 heterocycles. The van der Waals surface area contributed by atoms with Gasteiger partial charge in [0.15, 0.2) is 5.69 Å². The van der Waals surface area contributed by atoms with E-state index in [0.717, 1.165) is 5.69 Å². The summed E-state index contributed by atoms with van der Waals surface area (Å²) in [4.78, 5) is 25.1. The standard InChI is InChI=1S/C17H18ClN3O3/c18-13-2-1-3-14(11-13)21-9-6-15(19-21)17(24)20-7-4-12(5-8-20)10-16(22)23/h1-3,6,9,11-12H,4-5,7-8,10H2,(H,22,23). The molecule has 1 aromatic heterocycles. The minimum atomic E-state index is -0.778. The van der Waals surface area contributed by atoms with Crippen molar-refractivity contribution in [3.8, 4) is 5.69 Å². The third-order valence-corrected chi connectivity index (χ3v) is 4.48. The number of carbonyl (C=O) groups is 2. The minimum Gasteiger partial charge on any atom is -0.481 e. The summed E-state index contributed by atoms with van der Waals surface area (Å²) < 4.78 is 1.62. The molecule has 1 N–H and O–H groups in total. The van der Waals surface area contributed by atoms with Gasteiger partial charge in [0.2, 0.25) is 0 Å². The van der Waals surface area contributed by atoms with Crippen LogP contribution < -0.4 is 0 Å². The number of piperidine rings is 1. The maximum Gasteiger partial charge on any atom is 0.303 e. The number of halogens is 1. The minimum absolute atomic E-state index is 0.121. The Bertz CT molecular complexity index is 751. The number of aliphatic carboxylic acids is 1. The topological polar surface area (TPSA) is 75.4 Å². The number of amides is 1. The van der Waals surface area contributed by atoms with Crippen LogP contribution in [0.25, 0.3) is 5.69 Å². The number of carboxylic acids is 1. The highest BCUT2D eigenvalue weighted by atomic mass is 35.5. The lowest BCUT2D eigenvalue weighted by Crippen LogP contribution is -2.39. The smallest absolute Gasteiger partial charge is 0.303 e. The fourth-order valence-corrected chi connectivity index (χ4v) is 3.13. The summed E-state index contributed by atoms with van der Waals surface area (Å²) >= 11 is 5.98. The zero-order valence-corrected chi connectivity index (χ0v) is 13.8. The Kier molecular flexibility index (Phi) is 4.85. The summed E-state index contributed by atoms with van der Waals surface area (Å²) in [5.41, 5.74) is 1.17. The van der Waals surface area contributed by atoms with Crippen LogP contribution in [0.1, 0.15) is 29.8 Å². The van der Waals surface area contributed by atoms with Gasteiger partial charge in [0.25, 0.3) is 5.91 Å². The van der Waals surface area contributed by atoms with E-state index in [1.54, 1.807) is 34.0 Å². The molecular weight excluding hydrogens is 330 g/mol.